The molecule has 0 N–H and O–H groups in total. The van der Waals surface area contributed by atoms with E-state index < -0.39 is 0 Å². The van der Waals surface area contributed by atoms with Gasteiger partial charge in [-0.25, -0.2) is 0 Å². The molecule has 1 atom stereocenters. The first-order valence-electron chi connectivity index (χ1n) is 3.34. The Balaban J connectivity index is 2.45. The van der Waals surface area contributed by atoms with Gasteiger partial charge in [-0.2, -0.15) is 0 Å². The Hall–Kier alpha value is -0.0500. The summed E-state index contributed by atoms with van der Waals surface area (Å²) < 4.78 is 6.10. The Bertz CT molecular complexity index is 283. The van der Waals surface area contributed by atoms with Gasteiger partial charge in [0, 0.05) is 4.47 Å². The lowest BCUT2D eigenvalue weighted by molar-refractivity contribution is 0.415. The molecule has 1 aliphatic rings. The summed E-state index contributed by atoms with van der Waals surface area (Å²) in [7, 11) is 0. The van der Waals surface area contributed by atoms with Crippen LogP contribution in [0.15, 0.2) is 22.7 Å². The van der Waals surface area contributed by atoms with Gasteiger partial charge in [-0.1, -0.05) is 23.7 Å². The highest BCUT2D eigenvalue weighted by Crippen LogP contribution is 2.37. The van der Waals surface area contributed by atoms with Crippen molar-refractivity contribution in [1.29, 1.82) is 0 Å². The highest BCUT2D eigenvalue weighted by molar-refractivity contribution is 9.10. The smallest absolute Gasteiger partial charge is 0.107 e. The van der Waals surface area contributed by atoms with Crippen molar-refractivity contribution in [3.05, 3.63) is 33.3 Å². The van der Waals surface area contributed by atoms with Gasteiger partial charge in [0.05, 0.1) is 11.6 Å². The van der Waals surface area contributed by atoms with Gasteiger partial charge < -0.3 is 4.74 Å². The van der Waals surface area contributed by atoms with Crippen LogP contribution in [0.1, 0.15) is 11.7 Å². The SMILES string of the molecule is Clc1cccc(C2CO2)c1Br. The molecule has 1 aromatic carbocycles. The second-order valence-corrected chi connectivity index (χ2v) is 3.67. The van der Waals surface area contributed by atoms with Gasteiger partial charge in [-0.15, -0.1) is 0 Å². The molecule has 1 aromatic rings. The van der Waals surface area contributed by atoms with E-state index in [2.05, 4.69) is 15.9 Å². The lowest BCUT2D eigenvalue weighted by Crippen LogP contribution is -1.82. The van der Waals surface area contributed by atoms with E-state index in [1.54, 1.807) is 0 Å². The summed E-state index contributed by atoms with van der Waals surface area (Å²) in [5.41, 5.74) is 1.15. The molecular weight excluding hydrogens is 227 g/mol. The summed E-state index contributed by atoms with van der Waals surface area (Å²) in [6, 6.07) is 5.81. The quantitative estimate of drug-likeness (QED) is 0.679. The van der Waals surface area contributed by atoms with Gasteiger partial charge in [0.2, 0.25) is 0 Å². The average molecular weight is 233 g/mol. The Kier molecular flexibility index (Phi) is 1.91. The van der Waals surface area contributed by atoms with Crippen molar-refractivity contribution in [2.75, 3.05) is 6.61 Å². The summed E-state index contributed by atoms with van der Waals surface area (Å²) in [6.45, 7) is 0.818. The van der Waals surface area contributed by atoms with E-state index >= 15 is 0 Å². The summed E-state index contributed by atoms with van der Waals surface area (Å²) in [6.07, 6.45) is 0.267. The van der Waals surface area contributed by atoms with E-state index in [9.17, 15) is 0 Å². The van der Waals surface area contributed by atoms with Gasteiger partial charge >= 0.3 is 0 Å². The van der Waals surface area contributed by atoms with Gasteiger partial charge in [0.1, 0.15) is 6.10 Å². The Morgan fingerprint density at radius 2 is 2.27 bits per heavy atom. The van der Waals surface area contributed by atoms with E-state index in [4.69, 9.17) is 16.3 Å². The Morgan fingerprint density at radius 1 is 1.55 bits per heavy atom. The molecule has 0 amide bonds. The Labute approximate surface area is 78.4 Å². The second kappa shape index (κ2) is 2.77. The van der Waals surface area contributed by atoms with Crippen molar-refractivity contribution in [2.24, 2.45) is 0 Å². The molecule has 0 radical (unpaired) electrons. The van der Waals surface area contributed by atoms with Crippen molar-refractivity contribution in [3.8, 4) is 0 Å². The molecule has 0 bridgehead atoms. The maximum absolute atomic E-state index is 5.88. The van der Waals surface area contributed by atoms with E-state index in [1.165, 1.54) is 0 Å². The summed E-state index contributed by atoms with van der Waals surface area (Å²) in [5, 5.41) is 0.748. The molecule has 0 aliphatic carbocycles. The zero-order chi connectivity index (χ0) is 7.84. The number of rotatable bonds is 1. The molecular formula is C8H6BrClO. The van der Waals surface area contributed by atoms with Crippen LogP contribution in [0.3, 0.4) is 0 Å². The third-order valence-corrected chi connectivity index (χ3v) is 3.09. The third-order valence-electron chi connectivity index (χ3n) is 1.66. The van der Waals surface area contributed by atoms with Crippen LogP contribution in [-0.4, -0.2) is 6.61 Å². The van der Waals surface area contributed by atoms with Gasteiger partial charge in [-0.05, 0) is 27.6 Å². The Morgan fingerprint density at radius 3 is 2.91 bits per heavy atom. The predicted molar refractivity (Wildman–Crippen MR) is 47.8 cm³/mol. The fourth-order valence-corrected chi connectivity index (χ4v) is 1.70. The van der Waals surface area contributed by atoms with Crippen LogP contribution in [0.4, 0.5) is 0 Å². The highest BCUT2D eigenvalue weighted by atomic mass is 79.9. The second-order valence-electron chi connectivity index (χ2n) is 2.47. The minimum atomic E-state index is 0.267. The fourth-order valence-electron chi connectivity index (χ4n) is 0.997. The maximum Gasteiger partial charge on any atom is 0.107 e. The first-order valence-corrected chi connectivity index (χ1v) is 4.51. The summed E-state index contributed by atoms with van der Waals surface area (Å²) in [5.74, 6) is 0. The van der Waals surface area contributed by atoms with E-state index in [0.29, 0.717) is 0 Å². The van der Waals surface area contributed by atoms with Crippen molar-refractivity contribution in [3.63, 3.8) is 0 Å². The first-order chi connectivity index (χ1) is 5.29. The van der Waals surface area contributed by atoms with Crippen molar-refractivity contribution in [2.45, 2.75) is 6.10 Å². The van der Waals surface area contributed by atoms with Crippen LogP contribution in [0.5, 0.6) is 0 Å². The third kappa shape index (κ3) is 1.43. The number of benzene rings is 1. The van der Waals surface area contributed by atoms with Crippen LogP contribution < -0.4 is 0 Å². The van der Waals surface area contributed by atoms with E-state index in [-0.39, 0.29) is 6.10 Å². The molecule has 2 rings (SSSR count). The van der Waals surface area contributed by atoms with Crippen molar-refractivity contribution in [1.82, 2.24) is 0 Å². The highest BCUT2D eigenvalue weighted by Gasteiger charge is 2.27. The molecule has 1 aliphatic heterocycles. The monoisotopic (exact) mass is 232 g/mol. The molecule has 1 heterocycles. The standard InChI is InChI=1S/C8H6BrClO/c9-8-5(7-4-11-7)2-1-3-6(8)10/h1-3,7H,4H2. The molecule has 0 aromatic heterocycles. The maximum atomic E-state index is 5.88. The zero-order valence-electron chi connectivity index (χ0n) is 5.68. The lowest BCUT2D eigenvalue weighted by atomic mass is 10.2. The van der Waals surface area contributed by atoms with Crippen LogP contribution in [0.2, 0.25) is 5.02 Å². The fraction of sp³-hybridized carbons (Fsp3) is 0.250. The molecule has 0 saturated carbocycles. The van der Waals surface area contributed by atoms with Crippen molar-refractivity contribution < 1.29 is 4.74 Å². The molecule has 58 valence electrons. The summed E-state index contributed by atoms with van der Waals surface area (Å²) in [4.78, 5) is 0. The average Bonchev–Trinajstić information content (AvgIpc) is 2.77. The number of epoxide rings is 1. The minimum Gasteiger partial charge on any atom is -0.368 e. The molecule has 0 spiro atoms. The van der Waals surface area contributed by atoms with Crippen LogP contribution >= 0.6 is 27.5 Å². The predicted octanol–water partition coefficient (Wildman–Crippen LogP) is 3.17. The summed E-state index contributed by atoms with van der Waals surface area (Å²) >= 11 is 9.29. The van der Waals surface area contributed by atoms with E-state index in [1.807, 2.05) is 18.2 Å². The molecule has 1 nitrogen and oxygen atoms in total. The number of ether oxygens (including phenoxy) is 1. The van der Waals surface area contributed by atoms with Crippen LogP contribution in [-0.2, 0) is 4.74 Å². The number of hydrogen-bond donors (Lipinski definition) is 0. The van der Waals surface area contributed by atoms with Crippen LogP contribution in [0.25, 0.3) is 0 Å². The zero-order valence-corrected chi connectivity index (χ0v) is 8.02. The van der Waals surface area contributed by atoms with Gasteiger partial charge in [-0.3, -0.25) is 0 Å². The largest absolute Gasteiger partial charge is 0.368 e. The van der Waals surface area contributed by atoms with Gasteiger partial charge in [0.15, 0.2) is 0 Å². The molecule has 1 unspecified atom stereocenters. The van der Waals surface area contributed by atoms with E-state index in [0.717, 1.165) is 21.7 Å². The van der Waals surface area contributed by atoms with Gasteiger partial charge in [0.25, 0.3) is 0 Å². The lowest BCUT2D eigenvalue weighted by Gasteiger charge is -2.00. The molecule has 1 fully saturated rings. The molecule has 3 heteroatoms. The number of halogens is 2. The minimum absolute atomic E-state index is 0.267. The topological polar surface area (TPSA) is 12.5 Å². The molecule has 1 saturated heterocycles. The molecule has 11 heavy (non-hydrogen) atoms. The first kappa shape index (κ1) is 7.59. The normalized spacial score (nSPS) is 21.8. The van der Waals surface area contributed by atoms with Crippen LogP contribution in [0, 0.1) is 0 Å². The number of hydrogen-bond acceptors (Lipinski definition) is 1. The van der Waals surface area contributed by atoms with Crippen molar-refractivity contribution >= 4 is 27.5 Å².